The molecule has 3 rings (SSSR count). The summed E-state index contributed by atoms with van der Waals surface area (Å²) in [7, 11) is 3.14. The summed E-state index contributed by atoms with van der Waals surface area (Å²) in [6.45, 7) is 4.44. The second kappa shape index (κ2) is 9.31. The fraction of sp³-hybridized carbons (Fsp3) is 0.250. The van der Waals surface area contributed by atoms with Crippen molar-refractivity contribution >= 4 is 22.9 Å². The summed E-state index contributed by atoms with van der Waals surface area (Å²) in [5, 5.41) is 3.81. The highest BCUT2D eigenvalue weighted by atomic mass is 16.5. The van der Waals surface area contributed by atoms with E-state index < -0.39 is 0 Å². The van der Waals surface area contributed by atoms with Gasteiger partial charge in [0, 0.05) is 23.7 Å². The summed E-state index contributed by atoms with van der Waals surface area (Å²) in [5.41, 5.74) is 4.48. The van der Waals surface area contributed by atoms with Crippen LogP contribution in [0, 0.1) is 13.8 Å². The first kappa shape index (κ1) is 21.2. The van der Waals surface area contributed by atoms with E-state index in [2.05, 4.69) is 16.4 Å². The predicted octanol–water partition coefficient (Wildman–Crippen LogP) is 3.53. The highest BCUT2D eigenvalue weighted by Crippen LogP contribution is 2.27. The van der Waals surface area contributed by atoms with E-state index in [4.69, 9.17) is 9.47 Å². The van der Waals surface area contributed by atoms with E-state index in [0.717, 1.165) is 22.0 Å². The third-order valence-corrected chi connectivity index (χ3v) is 5.06. The van der Waals surface area contributed by atoms with Crippen LogP contribution in [0.3, 0.4) is 0 Å². The SMILES string of the molecule is COc1ccc(C=CC(=O)NCCc2cc3cc(C)c(C)cc3[nH]c2=O)cc1OC. The Morgan fingerprint density at radius 1 is 1.03 bits per heavy atom. The second-order valence-electron chi connectivity index (χ2n) is 7.14. The predicted molar refractivity (Wildman–Crippen MR) is 119 cm³/mol. The van der Waals surface area contributed by atoms with Crippen LogP contribution in [0.15, 0.2) is 47.3 Å². The van der Waals surface area contributed by atoms with Crippen LogP contribution in [0.2, 0.25) is 0 Å². The van der Waals surface area contributed by atoms with E-state index in [0.29, 0.717) is 30.0 Å². The van der Waals surface area contributed by atoms with Crippen molar-refractivity contribution in [3.8, 4) is 11.5 Å². The summed E-state index contributed by atoms with van der Waals surface area (Å²) < 4.78 is 10.5. The van der Waals surface area contributed by atoms with E-state index in [9.17, 15) is 9.59 Å². The Kier molecular flexibility index (Phi) is 6.57. The molecule has 0 fully saturated rings. The lowest BCUT2D eigenvalue weighted by Crippen LogP contribution is -2.25. The molecule has 0 radical (unpaired) electrons. The number of fused-ring (bicyclic) bond motifs is 1. The van der Waals surface area contributed by atoms with E-state index in [1.54, 1.807) is 32.4 Å². The Balaban J connectivity index is 1.62. The van der Waals surface area contributed by atoms with Gasteiger partial charge in [-0.3, -0.25) is 9.59 Å². The van der Waals surface area contributed by atoms with Crippen molar-refractivity contribution in [2.45, 2.75) is 20.3 Å². The lowest BCUT2D eigenvalue weighted by Gasteiger charge is -2.08. The van der Waals surface area contributed by atoms with E-state index in [1.165, 1.54) is 11.6 Å². The number of pyridine rings is 1. The van der Waals surface area contributed by atoms with Crippen molar-refractivity contribution in [2.75, 3.05) is 20.8 Å². The summed E-state index contributed by atoms with van der Waals surface area (Å²) in [6.07, 6.45) is 3.61. The second-order valence-corrected chi connectivity index (χ2v) is 7.14. The van der Waals surface area contributed by atoms with Gasteiger partial charge in [0.15, 0.2) is 11.5 Å². The summed E-state index contributed by atoms with van der Waals surface area (Å²) in [4.78, 5) is 27.4. The van der Waals surface area contributed by atoms with Gasteiger partial charge in [0.05, 0.1) is 14.2 Å². The molecule has 2 aromatic carbocycles. The number of methoxy groups -OCH3 is 2. The van der Waals surface area contributed by atoms with Gasteiger partial charge in [-0.05, 0) is 78.8 Å². The Bertz CT molecular complexity index is 1160. The summed E-state index contributed by atoms with van der Waals surface area (Å²) in [6, 6.07) is 11.4. The molecule has 3 aromatic rings. The molecule has 1 heterocycles. The maximum atomic E-state index is 12.3. The van der Waals surface area contributed by atoms with Crippen LogP contribution in [-0.2, 0) is 11.2 Å². The van der Waals surface area contributed by atoms with Crippen molar-refractivity contribution in [1.82, 2.24) is 10.3 Å². The van der Waals surface area contributed by atoms with Crippen LogP contribution in [0.1, 0.15) is 22.3 Å². The molecular weight excluding hydrogens is 380 g/mol. The van der Waals surface area contributed by atoms with Crippen molar-refractivity contribution in [3.05, 3.63) is 75.1 Å². The number of aromatic amines is 1. The number of hydrogen-bond acceptors (Lipinski definition) is 4. The van der Waals surface area contributed by atoms with Crippen LogP contribution in [0.25, 0.3) is 17.0 Å². The fourth-order valence-electron chi connectivity index (χ4n) is 3.22. The van der Waals surface area contributed by atoms with Crippen LogP contribution < -0.4 is 20.3 Å². The number of aryl methyl sites for hydroxylation is 2. The summed E-state index contributed by atoms with van der Waals surface area (Å²) >= 11 is 0. The molecule has 2 N–H and O–H groups in total. The topological polar surface area (TPSA) is 80.4 Å². The quantitative estimate of drug-likeness (QED) is 0.588. The van der Waals surface area contributed by atoms with Gasteiger partial charge in [-0.2, -0.15) is 0 Å². The number of carbonyl (C=O) groups is 1. The number of aromatic nitrogens is 1. The van der Waals surface area contributed by atoms with E-state index in [-0.39, 0.29) is 11.5 Å². The standard InChI is InChI=1S/C24H26N2O4/c1-15-11-19-14-18(24(28)26-20(19)12-16(15)2)9-10-25-23(27)8-6-17-5-7-21(29-3)22(13-17)30-4/h5-8,11-14H,9-10H2,1-4H3,(H,25,27)(H,26,28). The number of hydrogen-bond donors (Lipinski definition) is 2. The molecule has 1 amide bonds. The molecule has 0 spiro atoms. The molecule has 0 atom stereocenters. The lowest BCUT2D eigenvalue weighted by molar-refractivity contribution is -0.116. The number of carbonyl (C=O) groups excluding carboxylic acids is 1. The van der Waals surface area contributed by atoms with E-state index in [1.807, 2.05) is 32.0 Å². The molecule has 6 nitrogen and oxygen atoms in total. The number of nitrogens with one attached hydrogen (secondary N) is 2. The molecule has 30 heavy (non-hydrogen) atoms. The first-order chi connectivity index (χ1) is 14.4. The van der Waals surface area contributed by atoms with Gasteiger partial charge in [-0.25, -0.2) is 0 Å². The minimum Gasteiger partial charge on any atom is -0.493 e. The lowest BCUT2D eigenvalue weighted by atomic mass is 10.0. The Morgan fingerprint density at radius 2 is 1.77 bits per heavy atom. The smallest absolute Gasteiger partial charge is 0.251 e. The Hall–Kier alpha value is -3.54. The molecule has 1 aromatic heterocycles. The van der Waals surface area contributed by atoms with Gasteiger partial charge in [0.1, 0.15) is 0 Å². The monoisotopic (exact) mass is 406 g/mol. The third kappa shape index (κ3) is 4.89. The molecule has 0 unspecified atom stereocenters. The maximum absolute atomic E-state index is 12.3. The largest absolute Gasteiger partial charge is 0.493 e. The average molecular weight is 406 g/mol. The van der Waals surface area contributed by atoms with Crippen molar-refractivity contribution < 1.29 is 14.3 Å². The summed E-state index contributed by atoms with van der Waals surface area (Å²) in [5.74, 6) is 1.000. The number of H-pyrrole nitrogens is 1. The number of benzene rings is 2. The van der Waals surface area contributed by atoms with Gasteiger partial charge >= 0.3 is 0 Å². The minimum atomic E-state index is -0.228. The molecule has 0 saturated heterocycles. The van der Waals surface area contributed by atoms with Crippen LogP contribution in [-0.4, -0.2) is 31.7 Å². The van der Waals surface area contributed by atoms with Gasteiger partial charge in [0.25, 0.3) is 5.56 Å². The molecule has 156 valence electrons. The fourth-order valence-corrected chi connectivity index (χ4v) is 3.22. The molecule has 0 bridgehead atoms. The van der Waals surface area contributed by atoms with Crippen molar-refractivity contribution in [1.29, 1.82) is 0 Å². The van der Waals surface area contributed by atoms with Crippen LogP contribution in [0.4, 0.5) is 0 Å². The Morgan fingerprint density at radius 3 is 2.50 bits per heavy atom. The van der Waals surface area contributed by atoms with Gasteiger partial charge < -0.3 is 19.8 Å². The zero-order valence-electron chi connectivity index (χ0n) is 17.7. The van der Waals surface area contributed by atoms with E-state index >= 15 is 0 Å². The van der Waals surface area contributed by atoms with Crippen LogP contribution in [0.5, 0.6) is 11.5 Å². The molecule has 0 aliphatic heterocycles. The zero-order chi connectivity index (χ0) is 21.7. The molecular formula is C24H26N2O4. The first-order valence-electron chi connectivity index (χ1n) is 9.72. The van der Waals surface area contributed by atoms with Gasteiger partial charge in [-0.1, -0.05) is 6.07 Å². The number of rotatable bonds is 7. The number of ether oxygens (including phenoxy) is 2. The highest BCUT2D eigenvalue weighted by Gasteiger charge is 2.06. The molecule has 6 heteroatoms. The zero-order valence-corrected chi connectivity index (χ0v) is 17.7. The highest BCUT2D eigenvalue weighted by molar-refractivity contribution is 5.91. The average Bonchev–Trinajstić information content (AvgIpc) is 2.73. The van der Waals surface area contributed by atoms with Crippen molar-refractivity contribution in [2.24, 2.45) is 0 Å². The van der Waals surface area contributed by atoms with Gasteiger partial charge in [0.2, 0.25) is 5.91 Å². The Labute approximate surface area is 175 Å². The maximum Gasteiger partial charge on any atom is 0.251 e. The van der Waals surface area contributed by atoms with Crippen molar-refractivity contribution in [3.63, 3.8) is 0 Å². The molecule has 0 saturated carbocycles. The minimum absolute atomic E-state index is 0.124. The normalized spacial score (nSPS) is 11.1. The molecule has 0 aliphatic rings. The van der Waals surface area contributed by atoms with Gasteiger partial charge in [-0.15, -0.1) is 0 Å². The van der Waals surface area contributed by atoms with Crippen LogP contribution >= 0.6 is 0 Å². The number of amides is 1. The first-order valence-corrected chi connectivity index (χ1v) is 9.72. The third-order valence-electron chi connectivity index (χ3n) is 5.06. The molecule has 0 aliphatic carbocycles.